The molecule has 0 aromatic heterocycles. The Balaban J connectivity index is 1.57. The maximum atomic E-state index is 12.1. The minimum Gasteiger partial charge on any atom is -0.481 e. The van der Waals surface area contributed by atoms with Gasteiger partial charge in [0, 0.05) is 16.3 Å². The van der Waals surface area contributed by atoms with Crippen molar-refractivity contribution in [1.29, 1.82) is 0 Å². The van der Waals surface area contributed by atoms with Crippen molar-refractivity contribution in [2.45, 2.75) is 6.92 Å². The van der Waals surface area contributed by atoms with Gasteiger partial charge in [0.05, 0.1) is 15.2 Å². The third-order valence-corrected chi connectivity index (χ3v) is 5.62. The largest absolute Gasteiger partial charge is 0.481 e. The summed E-state index contributed by atoms with van der Waals surface area (Å²) in [5.41, 5.74) is 5.43. The first-order chi connectivity index (χ1) is 15.3. The average Bonchev–Trinajstić information content (AvgIpc) is 2.75. The van der Waals surface area contributed by atoms with E-state index in [-0.39, 0.29) is 18.4 Å². The number of anilines is 1. The number of hydrogen-bond acceptors (Lipinski definition) is 4. The molecule has 9 heteroatoms. The molecule has 0 unspecified atom stereocenters. The van der Waals surface area contributed by atoms with Crippen LogP contribution in [0.4, 0.5) is 5.69 Å². The molecule has 0 aliphatic rings. The van der Waals surface area contributed by atoms with E-state index in [0.29, 0.717) is 36.5 Å². The summed E-state index contributed by atoms with van der Waals surface area (Å²) in [4.78, 5) is 24.3. The van der Waals surface area contributed by atoms with E-state index in [0.717, 1.165) is 5.56 Å². The van der Waals surface area contributed by atoms with Crippen LogP contribution in [0, 0.1) is 6.92 Å². The van der Waals surface area contributed by atoms with Crippen molar-refractivity contribution in [1.82, 2.24) is 5.43 Å². The summed E-state index contributed by atoms with van der Waals surface area (Å²) in [6.45, 7) is 1.77. The number of nitrogens with zero attached hydrogens (tertiary/aromatic N) is 1. The molecule has 0 fully saturated rings. The van der Waals surface area contributed by atoms with Gasteiger partial charge in [0.2, 0.25) is 0 Å². The molecule has 164 valence electrons. The van der Waals surface area contributed by atoms with E-state index in [1.54, 1.807) is 48.5 Å². The Morgan fingerprint density at radius 1 is 1.03 bits per heavy atom. The van der Waals surface area contributed by atoms with Crippen LogP contribution in [0.1, 0.15) is 21.5 Å². The van der Waals surface area contributed by atoms with Crippen LogP contribution in [0.25, 0.3) is 0 Å². The first kappa shape index (κ1) is 24.0. The van der Waals surface area contributed by atoms with Crippen LogP contribution in [-0.4, -0.2) is 24.6 Å². The molecule has 0 atom stereocenters. The Kier molecular flexibility index (Phi) is 8.44. The minimum absolute atomic E-state index is 0.181. The van der Waals surface area contributed by atoms with Gasteiger partial charge in [0.15, 0.2) is 6.61 Å². The lowest BCUT2D eigenvalue weighted by Gasteiger charge is -2.11. The molecule has 3 aromatic rings. The summed E-state index contributed by atoms with van der Waals surface area (Å²) in [6.07, 6.45) is 1.51. The maximum absolute atomic E-state index is 12.1. The molecule has 2 amide bonds. The van der Waals surface area contributed by atoms with E-state index >= 15 is 0 Å². The molecule has 0 radical (unpaired) electrons. The number of hydrazone groups is 1. The molecule has 6 nitrogen and oxygen atoms in total. The van der Waals surface area contributed by atoms with Crippen LogP contribution in [0.15, 0.2) is 74.7 Å². The summed E-state index contributed by atoms with van der Waals surface area (Å²) in [5, 5.41) is 7.32. The molecule has 2 N–H and O–H groups in total. The van der Waals surface area contributed by atoms with Gasteiger partial charge in [-0.2, -0.15) is 5.10 Å². The van der Waals surface area contributed by atoms with Gasteiger partial charge in [-0.25, -0.2) is 5.43 Å². The van der Waals surface area contributed by atoms with Gasteiger partial charge in [-0.05, 0) is 92.9 Å². The van der Waals surface area contributed by atoms with Crippen molar-refractivity contribution in [2.75, 3.05) is 11.9 Å². The van der Waals surface area contributed by atoms with E-state index in [9.17, 15) is 9.59 Å². The van der Waals surface area contributed by atoms with Crippen molar-refractivity contribution in [3.63, 3.8) is 0 Å². The smallest absolute Gasteiger partial charge is 0.271 e. The highest BCUT2D eigenvalue weighted by Gasteiger charge is 2.11. The first-order valence-corrected chi connectivity index (χ1v) is 11.4. The van der Waals surface area contributed by atoms with Gasteiger partial charge >= 0.3 is 0 Å². The van der Waals surface area contributed by atoms with E-state index in [1.165, 1.54) is 6.21 Å². The Labute approximate surface area is 207 Å². The number of nitrogens with one attached hydrogen (secondary N) is 2. The van der Waals surface area contributed by atoms with Crippen LogP contribution >= 0.6 is 43.5 Å². The second-order valence-electron chi connectivity index (χ2n) is 6.72. The predicted molar refractivity (Wildman–Crippen MR) is 134 cm³/mol. The Morgan fingerprint density at radius 2 is 1.66 bits per heavy atom. The number of carbonyl (C=O) groups excluding carboxylic acids is 2. The lowest BCUT2D eigenvalue weighted by molar-refractivity contribution is -0.118. The van der Waals surface area contributed by atoms with Crippen LogP contribution in [-0.2, 0) is 4.79 Å². The number of carbonyl (C=O) groups is 2. The van der Waals surface area contributed by atoms with Crippen molar-refractivity contribution in [3.8, 4) is 5.75 Å². The minimum atomic E-state index is -0.310. The number of halogens is 3. The first-order valence-electron chi connectivity index (χ1n) is 9.39. The normalized spacial score (nSPS) is 10.8. The standard InChI is InChI=1S/C23H18Br2ClN3O3/c1-14-2-4-16(5-3-14)23(31)29-27-12-15-10-19(24)22(20(25)11-15)32-13-21(30)28-18-8-6-17(26)7-9-18/h2-12H,13H2,1H3,(H,28,30)(H,29,31)/b27-12+. The Bertz CT molecular complexity index is 1130. The molecule has 0 saturated carbocycles. The third kappa shape index (κ3) is 6.91. The van der Waals surface area contributed by atoms with E-state index in [1.807, 2.05) is 19.1 Å². The summed E-state index contributed by atoms with van der Waals surface area (Å²) < 4.78 is 6.89. The SMILES string of the molecule is Cc1ccc(C(=O)N/N=C/c2cc(Br)c(OCC(=O)Nc3ccc(Cl)cc3)c(Br)c2)cc1. The summed E-state index contributed by atoms with van der Waals surface area (Å²) in [7, 11) is 0. The number of ether oxygens (including phenoxy) is 1. The summed E-state index contributed by atoms with van der Waals surface area (Å²) >= 11 is 12.7. The van der Waals surface area contributed by atoms with Gasteiger partial charge < -0.3 is 10.1 Å². The van der Waals surface area contributed by atoms with Crippen LogP contribution in [0.5, 0.6) is 5.75 Å². The fraction of sp³-hybridized carbons (Fsp3) is 0.0870. The molecule has 0 bridgehead atoms. The van der Waals surface area contributed by atoms with Gasteiger partial charge in [0.1, 0.15) is 5.75 Å². The third-order valence-electron chi connectivity index (χ3n) is 4.19. The highest BCUT2D eigenvalue weighted by atomic mass is 79.9. The number of aryl methyl sites for hydroxylation is 1. The zero-order valence-electron chi connectivity index (χ0n) is 16.9. The molecule has 0 saturated heterocycles. The molecule has 3 aromatic carbocycles. The number of benzene rings is 3. The topological polar surface area (TPSA) is 79.8 Å². The van der Waals surface area contributed by atoms with Gasteiger partial charge in [-0.15, -0.1) is 0 Å². The number of hydrogen-bond donors (Lipinski definition) is 2. The second kappa shape index (κ2) is 11.3. The zero-order chi connectivity index (χ0) is 23.1. The quantitative estimate of drug-likeness (QED) is 0.268. The fourth-order valence-corrected chi connectivity index (χ4v) is 4.17. The maximum Gasteiger partial charge on any atom is 0.271 e. The Morgan fingerprint density at radius 3 is 2.28 bits per heavy atom. The molecule has 0 aliphatic carbocycles. The fourth-order valence-electron chi connectivity index (χ4n) is 2.59. The van der Waals surface area contributed by atoms with E-state index < -0.39 is 0 Å². The second-order valence-corrected chi connectivity index (χ2v) is 8.87. The lowest BCUT2D eigenvalue weighted by Crippen LogP contribution is -2.20. The molecule has 0 spiro atoms. The van der Waals surface area contributed by atoms with Crippen LogP contribution in [0.2, 0.25) is 5.02 Å². The monoisotopic (exact) mass is 577 g/mol. The Hall–Kier alpha value is -2.68. The molecular weight excluding hydrogens is 562 g/mol. The average molecular weight is 580 g/mol. The highest BCUT2D eigenvalue weighted by molar-refractivity contribution is 9.11. The number of amides is 2. The van der Waals surface area contributed by atoms with E-state index in [2.05, 4.69) is 47.7 Å². The molecule has 32 heavy (non-hydrogen) atoms. The number of rotatable bonds is 7. The van der Waals surface area contributed by atoms with Gasteiger partial charge in [-0.1, -0.05) is 29.3 Å². The van der Waals surface area contributed by atoms with E-state index in [4.69, 9.17) is 16.3 Å². The zero-order valence-corrected chi connectivity index (χ0v) is 20.8. The van der Waals surface area contributed by atoms with Crippen molar-refractivity contribution < 1.29 is 14.3 Å². The highest BCUT2D eigenvalue weighted by Crippen LogP contribution is 2.34. The van der Waals surface area contributed by atoms with Crippen molar-refractivity contribution in [2.24, 2.45) is 5.10 Å². The van der Waals surface area contributed by atoms with Gasteiger partial charge in [0.25, 0.3) is 11.8 Å². The molecule has 3 rings (SSSR count). The van der Waals surface area contributed by atoms with Crippen molar-refractivity contribution in [3.05, 3.63) is 91.3 Å². The predicted octanol–water partition coefficient (Wildman–Crippen LogP) is 5.95. The lowest BCUT2D eigenvalue weighted by atomic mass is 10.1. The van der Waals surface area contributed by atoms with Gasteiger partial charge in [-0.3, -0.25) is 9.59 Å². The molecule has 0 heterocycles. The molecular formula is C23H18Br2ClN3O3. The summed E-state index contributed by atoms with van der Waals surface area (Å²) in [5.74, 6) is -0.140. The van der Waals surface area contributed by atoms with Crippen LogP contribution in [0.3, 0.4) is 0 Å². The van der Waals surface area contributed by atoms with Crippen LogP contribution < -0.4 is 15.5 Å². The molecule has 0 aliphatic heterocycles. The summed E-state index contributed by atoms with van der Waals surface area (Å²) in [6, 6.07) is 17.5. The van der Waals surface area contributed by atoms with Crippen molar-refractivity contribution >= 4 is 67.2 Å².